The molecule has 0 unspecified atom stereocenters. The highest BCUT2D eigenvalue weighted by atomic mass is 16.5. The fourth-order valence-electron chi connectivity index (χ4n) is 3.63. The van der Waals surface area contributed by atoms with Gasteiger partial charge in [-0.1, -0.05) is 31.4 Å². The Kier molecular flexibility index (Phi) is 6.88. The Labute approximate surface area is 156 Å². The minimum Gasteiger partial charge on any atom is -0.492 e. The maximum atomic E-state index is 12.4. The minimum absolute atomic E-state index is 0.0316. The number of carbonyl (C=O) groups excluding carboxylic acids is 1. The summed E-state index contributed by atoms with van der Waals surface area (Å²) in [6.45, 7) is 5.59. The summed E-state index contributed by atoms with van der Waals surface area (Å²) in [5, 5.41) is 3.00. The third-order valence-electron chi connectivity index (χ3n) is 5.33. The third-order valence-corrected chi connectivity index (χ3v) is 5.33. The molecule has 2 aliphatic rings. The van der Waals surface area contributed by atoms with Gasteiger partial charge in [-0.3, -0.25) is 9.69 Å². The van der Waals surface area contributed by atoms with Crippen LogP contribution in [-0.4, -0.2) is 55.8 Å². The van der Waals surface area contributed by atoms with Crippen LogP contribution in [-0.2, 0) is 16.1 Å². The zero-order valence-corrected chi connectivity index (χ0v) is 15.5. The van der Waals surface area contributed by atoms with E-state index in [9.17, 15) is 4.79 Å². The molecule has 3 N–H and O–H groups in total. The normalized spacial score (nSPS) is 20.5. The smallest absolute Gasteiger partial charge is 0.240 e. The van der Waals surface area contributed by atoms with Crippen molar-refractivity contribution in [2.24, 2.45) is 5.73 Å². The van der Waals surface area contributed by atoms with Crippen molar-refractivity contribution in [1.29, 1.82) is 0 Å². The quantitative estimate of drug-likeness (QED) is 0.773. The molecule has 6 heteroatoms. The number of hydrogen-bond acceptors (Lipinski definition) is 5. The fourth-order valence-corrected chi connectivity index (χ4v) is 3.63. The van der Waals surface area contributed by atoms with Crippen LogP contribution < -0.4 is 15.8 Å². The van der Waals surface area contributed by atoms with E-state index in [2.05, 4.69) is 10.2 Å². The first-order chi connectivity index (χ1) is 12.7. The van der Waals surface area contributed by atoms with E-state index >= 15 is 0 Å². The molecule has 1 aromatic rings. The van der Waals surface area contributed by atoms with Crippen molar-refractivity contribution in [3.63, 3.8) is 0 Å². The molecule has 0 spiro atoms. The Morgan fingerprint density at radius 2 is 2.00 bits per heavy atom. The summed E-state index contributed by atoms with van der Waals surface area (Å²) in [5.74, 6) is 0.806. The van der Waals surface area contributed by atoms with E-state index < -0.39 is 5.54 Å². The maximum absolute atomic E-state index is 12.4. The molecule has 0 atom stereocenters. The van der Waals surface area contributed by atoms with E-state index in [0.29, 0.717) is 13.2 Å². The molecular weight excluding hydrogens is 330 g/mol. The molecule has 1 amide bonds. The largest absolute Gasteiger partial charge is 0.492 e. The van der Waals surface area contributed by atoms with Crippen LogP contribution in [0.25, 0.3) is 0 Å². The standard InChI is InChI=1S/C20H31N3O3/c21-20(7-2-1-3-8-20)19(24)22-16-17-5-4-6-18(15-17)26-14-11-23-9-12-25-13-10-23/h4-6,15H,1-3,7-14,16,21H2,(H,22,24). The van der Waals surface area contributed by atoms with Crippen molar-refractivity contribution in [3.8, 4) is 5.75 Å². The van der Waals surface area contributed by atoms with E-state index in [-0.39, 0.29) is 5.91 Å². The lowest BCUT2D eigenvalue weighted by Crippen LogP contribution is -2.54. The van der Waals surface area contributed by atoms with Gasteiger partial charge < -0.3 is 20.5 Å². The molecule has 1 saturated carbocycles. The Hall–Kier alpha value is -1.63. The van der Waals surface area contributed by atoms with Crippen molar-refractivity contribution < 1.29 is 14.3 Å². The number of benzene rings is 1. The molecular formula is C20H31N3O3. The first kappa shape index (κ1) is 19.1. The van der Waals surface area contributed by atoms with Gasteiger partial charge in [0, 0.05) is 26.2 Å². The van der Waals surface area contributed by atoms with Gasteiger partial charge in [-0.05, 0) is 30.5 Å². The Morgan fingerprint density at radius 3 is 2.77 bits per heavy atom. The number of hydrogen-bond donors (Lipinski definition) is 2. The van der Waals surface area contributed by atoms with E-state index in [4.69, 9.17) is 15.2 Å². The zero-order valence-electron chi connectivity index (χ0n) is 15.5. The predicted molar refractivity (Wildman–Crippen MR) is 101 cm³/mol. The molecule has 0 bridgehead atoms. The third kappa shape index (κ3) is 5.43. The Balaban J connectivity index is 1.43. The monoisotopic (exact) mass is 361 g/mol. The number of nitrogens with zero attached hydrogens (tertiary/aromatic N) is 1. The summed E-state index contributed by atoms with van der Waals surface area (Å²) < 4.78 is 11.2. The van der Waals surface area contributed by atoms with E-state index in [1.807, 2.05) is 24.3 Å². The number of morpholine rings is 1. The van der Waals surface area contributed by atoms with Crippen molar-refractivity contribution in [2.45, 2.75) is 44.2 Å². The topological polar surface area (TPSA) is 76.8 Å². The summed E-state index contributed by atoms with van der Waals surface area (Å²) in [6, 6.07) is 7.91. The van der Waals surface area contributed by atoms with Crippen LogP contribution in [0, 0.1) is 0 Å². The fraction of sp³-hybridized carbons (Fsp3) is 0.650. The average molecular weight is 361 g/mol. The van der Waals surface area contributed by atoms with E-state index in [1.165, 1.54) is 6.42 Å². The van der Waals surface area contributed by atoms with Gasteiger partial charge in [-0.2, -0.15) is 0 Å². The highest BCUT2D eigenvalue weighted by Gasteiger charge is 2.34. The molecule has 3 rings (SSSR count). The lowest BCUT2D eigenvalue weighted by molar-refractivity contribution is -0.127. The molecule has 144 valence electrons. The van der Waals surface area contributed by atoms with Gasteiger partial charge in [-0.15, -0.1) is 0 Å². The molecule has 1 aromatic carbocycles. The van der Waals surface area contributed by atoms with Crippen molar-refractivity contribution in [2.75, 3.05) is 39.5 Å². The number of rotatable bonds is 7. The highest BCUT2D eigenvalue weighted by Crippen LogP contribution is 2.26. The second kappa shape index (κ2) is 9.35. The summed E-state index contributed by atoms with van der Waals surface area (Å²) in [6.07, 6.45) is 4.82. The van der Waals surface area contributed by atoms with Gasteiger partial charge in [0.15, 0.2) is 0 Å². The molecule has 1 aliphatic heterocycles. The van der Waals surface area contributed by atoms with Crippen LogP contribution in [0.5, 0.6) is 5.75 Å². The van der Waals surface area contributed by atoms with Gasteiger partial charge >= 0.3 is 0 Å². The molecule has 6 nitrogen and oxygen atoms in total. The van der Waals surface area contributed by atoms with Crippen LogP contribution in [0.2, 0.25) is 0 Å². The minimum atomic E-state index is -0.690. The summed E-state index contributed by atoms with van der Waals surface area (Å²) in [5.41, 5.74) is 6.62. The lowest BCUT2D eigenvalue weighted by atomic mass is 9.82. The molecule has 1 heterocycles. The van der Waals surface area contributed by atoms with Crippen LogP contribution >= 0.6 is 0 Å². The Bertz CT molecular complexity index is 581. The zero-order chi connectivity index (χ0) is 18.2. The second-order valence-electron chi connectivity index (χ2n) is 7.35. The predicted octanol–water partition coefficient (Wildman–Crippen LogP) is 1.68. The van der Waals surface area contributed by atoms with E-state index in [0.717, 1.165) is 69.8 Å². The van der Waals surface area contributed by atoms with Gasteiger partial charge in [0.1, 0.15) is 12.4 Å². The first-order valence-electron chi connectivity index (χ1n) is 9.75. The number of ether oxygens (including phenoxy) is 2. The van der Waals surface area contributed by atoms with Crippen molar-refractivity contribution in [1.82, 2.24) is 10.2 Å². The molecule has 1 aliphatic carbocycles. The SMILES string of the molecule is NC1(C(=O)NCc2cccc(OCCN3CCOCC3)c2)CCCCC1. The first-order valence-corrected chi connectivity index (χ1v) is 9.75. The van der Waals surface area contributed by atoms with Crippen LogP contribution in [0.15, 0.2) is 24.3 Å². The number of amides is 1. The lowest BCUT2D eigenvalue weighted by Gasteiger charge is -2.31. The molecule has 26 heavy (non-hydrogen) atoms. The van der Waals surface area contributed by atoms with Gasteiger partial charge in [0.05, 0.1) is 18.8 Å². The van der Waals surface area contributed by atoms with Gasteiger partial charge in [0.2, 0.25) is 5.91 Å². The summed E-state index contributed by atoms with van der Waals surface area (Å²) in [4.78, 5) is 14.8. The number of nitrogens with two attached hydrogens (primary N) is 1. The van der Waals surface area contributed by atoms with Crippen LogP contribution in [0.3, 0.4) is 0 Å². The maximum Gasteiger partial charge on any atom is 0.240 e. The second-order valence-corrected chi connectivity index (χ2v) is 7.35. The number of nitrogens with one attached hydrogen (secondary N) is 1. The molecule has 0 radical (unpaired) electrons. The van der Waals surface area contributed by atoms with Gasteiger partial charge in [-0.25, -0.2) is 0 Å². The van der Waals surface area contributed by atoms with Crippen LogP contribution in [0.1, 0.15) is 37.7 Å². The highest BCUT2D eigenvalue weighted by molar-refractivity contribution is 5.86. The van der Waals surface area contributed by atoms with Crippen LogP contribution in [0.4, 0.5) is 0 Å². The average Bonchev–Trinajstić information content (AvgIpc) is 2.68. The van der Waals surface area contributed by atoms with Crippen molar-refractivity contribution in [3.05, 3.63) is 29.8 Å². The Morgan fingerprint density at radius 1 is 1.23 bits per heavy atom. The summed E-state index contributed by atoms with van der Waals surface area (Å²) in [7, 11) is 0. The molecule has 2 fully saturated rings. The molecule has 0 aromatic heterocycles. The van der Waals surface area contributed by atoms with Crippen molar-refractivity contribution >= 4 is 5.91 Å². The van der Waals surface area contributed by atoms with Gasteiger partial charge in [0.25, 0.3) is 0 Å². The molecule has 1 saturated heterocycles. The summed E-state index contributed by atoms with van der Waals surface area (Å²) >= 11 is 0. The van der Waals surface area contributed by atoms with E-state index in [1.54, 1.807) is 0 Å². The number of carbonyl (C=O) groups is 1.